The minimum absolute atomic E-state index is 0.0188. The highest BCUT2D eigenvalue weighted by atomic mass is 32.2. The van der Waals surface area contributed by atoms with Gasteiger partial charge in [0.2, 0.25) is 0 Å². The lowest BCUT2D eigenvalue weighted by Gasteiger charge is -2.16. The maximum atomic E-state index is 13.9. The van der Waals surface area contributed by atoms with Gasteiger partial charge in [0.05, 0.1) is 11.3 Å². The molecule has 0 saturated heterocycles. The highest BCUT2D eigenvalue weighted by Crippen LogP contribution is 2.34. The average Bonchev–Trinajstić information content (AvgIpc) is 2.46. The number of hydrogen-bond donors (Lipinski definition) is 1. The van der Waals surface area contributed by atoms with Crippen molar-refractivity contribution in [1.82, 2.24) is 0 Å². The Labute approximate surface area is 119 Å². The smallest absolute Gasteiger partial charge is 0.335 e. The molecule has 0 heterocycles. The van der Waals surface area contributed by atoms with Gasteiger partial charge < -0.3 is 5.11 Å². The SMILES string of the molecule is O=C(O)c1ccc(SCC(F)(F)c2ccccc2)cc1. The minimum Gasteiger partial charge on any atom is -0.478 e. The van der Waals surface area contributed by atoms with Crippen molar-refractivity contribution >= 4 is 17.7 Å². The fraction of sp³-hybridized carbons (Fsp3) is 0.133. The second-order valence-corrected chi connectivity index (χ2v) is 5.24. The van der Waals surface area contributed by atoms with Crippen LogP contribution in [0.3, 0.4) is 0 Å². The van der Waals surface area contributed by atoms with E-state index in [1.165, 1.54) is 36.4 Å². The molecule has 0 amide bonds. The Morgan fingerprint density at radius 3 is 2.20 bits per heavy atom. The number of halogens is 2. The van der Waals surface area contributed by atoms with Crippen molar-refractivity contribution in [3.63, 3.8) is 0 Å². The van der Waals surface area contributed by atoms with Crippen molar-refractivity contribution < 1.29 is 18.7 Å². The van der Waals surface area contributed by atoms with E-state index in [4.69, 9.17) is 5.11 Å². The van der Waals surface area contributed by atoms with E-state index < -0.39 is 11.9 Å². The number of hydrogen-bond acceptors (Lipinski definition) is 2. The van der Waals surface area contributed by atoms with E-state index in [1.807, 2.05) is 0 Å². The van der Waals surface area contributed by atoms with Crippen LogP contribution < -0.4 is 0 Å². The van der Waals surface area contributed by atoms with E-state index >= 15 is 0 Å². The second kappa shape index (κ2) is 6.05. The standard InChI is InChI=1S/C15H12F2O2S/c16-15(17,12-4-2-1-3-5-12)10-20-13-8-6-11(7-9-13)14(18)19/h1-9H,10H2,(H,18,19). The van der Waals surface area contributed by atoms with Crippen molar-refractivity contribution in [1.29, 1.82) is 0 Å². The highest BCUT2D eigenvalue weighted by molar-refractivity contribution is 7.99. The number of carboxylic acids is 1. The van der Waals surface area contributed by atoms with Gasteiger partial charge >= 0.3 is 5.97 Å². The molecule has 0 fully saturated rings. The van der Waals surface area contributed by atoms with Crippen molar-refractivity contribution in [2.24, 2.45) is 0 Å². The Bertz CT molecular complexity index is 583. The summed E-state index contributed by atoms with van der Waals surface area (Å²) in [6.45, 7) is 0. The molecule has 104 valence electrons. The molecule has 1 N–H and O–H groups in total. The Hall–Kier alpha value is -1.88. The second-order valence-electron chi connectivity index (χ2n) is 4.19. The summed E-state index contributed by atoms with van der Waals surface area (Å²) in [5.74, 6) is -4.34. The molecule has 2 aromatic carbocycles. The van der Waals surface area contributed by atoms with Crippen molar-refractivity contribution in [3.05, 3.63) is 65.7 Å². The fourth-order valence-corrected chi connectivity index (χ4v) is 2.48. The third-order valence-corrected chi connectivity index (χ3v) is 3.83. The van der Waals surface area contributed by atoms with Crippen LogP contribution in [0, 0.1) is 0 Å². The molecule has 0 radical (unpaired) electrons. The Kier molecular flexibility index (Phi) is 4.39. The zero-order chi connectivity index (χ0) is 14.6. The first-order chi connectivity index (χ1) is 9.49. The van der Waals surface area contributed by atoms with Gasteiger partial charge in [0, 0.05) is 10.5 Å². The van der Waals surface area contributed by atoms with Crippen LogP contribution in [-0.4, -0.2) is 16.8 Å². The predicted molar refractivity (Wildman–Crippen MR) is 74.5 cm³/mol. The Morgan fingerprint density at radius 2 is 1.65 bits per heavy atom. The number of rotatable bonds is 5. The van der Waals surface area contributed by atoms with Gasteiger partial charge in [-0.05, 0) is 24.3 Å². The number of carbonyl (C=O) groups is 1. The molecule has 5 heteroatoms. The summed E-state index contributed by atoms with van der Waals surface area (Å²) in [7, 11) is 0. The van der Waals surface area contributed by atoms with Gasteiger partial charge in [-0.1, -0.05) is 30.3 Å². The maximum Gasteiger partial charge on any atom is 0.335 e. The van der Waals surface area contributed by atoms with Crippen molar-refractivity contribution in [2.75, 3.05) is 5.75 Å². The molecule has 0 aromatic heterocycles. The zero-order valence-electron chi connectivity index (χ0n) is 10.4. The first-order valence-electron chi connectivity index (χ1n) is 5.88. The lowest BCUT2D eigenvalue weighted by atomic mass is 10.1. The molecular weight excluding hydrogens is 282 g/mol. The summed E-state index contributed by atoms with van der Waals surface area (Å²) in [4.78, 5) is 11.3. The number of thioether (sulfide) groups is 1. The fourth-order valence-electron chi connectivity index (χ4n) is 1.63. The molecule has 0 aliphatic rings. The Morgan fingerprint density at radius 1 is 1.05 bits per heavy atom. The molecule has 2 rings (SSSR count). The molecule has 0 aliphatic heterocycles. The van der Waals surface area contributed by atoms with E-state index in [2.05, 4.69) is 0 Å². The van der Waals surface area contributed by atoms with Crippen LogP contribution in [0.25, 0.3) is 0 Å². The van der Waals surface area contributed by atoms with Gasteiger partial charge in [-0.25, -0.2) is 13.6 Å². The van der Waals surface area contributed by atoms with Crippen LogP contribution in [0.2, 0.25) is 0 Å². The highest BCUT2D eigenvalue weighted by Gasteiger charge is 2.31. The average molecular weight is 294 g/mol. The van der Waals surface area contributed by atoms with E-state index in [0.29, 0.717) is 4.90 Å². The quantitative estimate of drug-likeness (QED) is 0.837. The van der Waals surface area contributed by atoms with Gasteiger partial charge in [-0.3, -0.25) is 0 Å². The first kappa shape index (κ1) is 14.5. The number of carboxylic acid groups (broad SMARTS) is 1. The van der Waals surface area contributed by atoms with Crippen molar-refractivity contribution in [3.8, 4) is 0 Å². The topological polar surface area (TPSA) is 37.3 Å². The van der Waals surface area contributed by atoms with Gasteiger partial charge in [-0.15, -0.1) is 11.8 Å². The molecule has 2 nitrogen and oxygen atoms in total. The molecule has 0 spiro atoms. The van der Waals surface area contributed by atoms with E-state index in [0.717, 1.165) is 11.8 Å². The molecule has 0 unspecified atom stereocenters. The van der Waals surface area contributed by atoms with Crippen LogP contribution in [0.5, 0.6) is 0 Å². The molecule has 0 saturated carbocycles. The lowest BCUT2D eigenvalue weighted by molar-refractivity contribution is 0.0231. The summed E-state index contributed by atoms with van der Waals surface area (Å²) < 4.78 is 27.9. The first-order valence-corrected chi connectivity index (χ1v) is 6.87. The summed E-state index contributed by atoms with van der Waals surface area (Å²) in [5, 5.41) is 8.76. The largest absolute Gasteiger partial charge is 0.478 e. The lowest BCUT2D eigenvalue weighted by Crippen LogP contribution is -2.16. The Balaban J connectivity index is 2.03. The van der Waals surface area contributed by atoms with Crippen LogP contribution >= 0.6 is 11.8 Å². The van der Waals surface area contributed by atoms with E-state index in [9.17, 15) is 13.6 Å². The van der Waals surface area contributed by atoms with Crippen LogP contribution in [0.15, 0.2) is 59.5 Å². The van der Waals surface area contributed by atoms with Crippen LogP contribution in [0.4, 0.5) is 8.78 Å². The number of alkyl halides is 2. The van der Waals surface area contributed by atoms with Gasteiger partial charge in [0.15, 0.2) is 0 Å². The minimum atomic E-state index is -2.92. The van der Waals surface area contributed by atoms with E-state index in [1.54, 1.807) is 18.2 Å². The van der Waals surface area contributed by atoms with Gasteiger partial charge in [0.25, 0.3) is 5.92 Å². The molecule has 0 aliphatic carbocycles. The summed E-state index contributed by atoms with van der Waals surface area (Å²) in [5.41, 5.74) is 0.124. The van der Waals surface area contributed by atoms with Crippen LogP contribution in [-0.2, 0) is 5.92 Å². The predicted octanol–water partition coefficient (Wildman–Crippen LogP) is 4.27. The number of aromatic carboxylic acids is 1. The number of benzene rings is 2. The van der Waals surface area contributed by atoms with Crippen LogP contribution in [0.1, 0.15) is 15.9 Å². The van der Waals surface area contributed by atoms with Crippen molar-refractivity contribution in [2.45, 2.75) is 10.8 Å². The maximum absolute atomic E-state index is 13.9. The normalized spacial score (nSPS) is 11.3. The summed E-state index contributed by atoms with van der Waals surface area (Å²) in [6, 6.07) is 13.5. The molecule has 20 heavy (non-hydrogen) atoms. The van der Waals surface area contributed by atoms with E-state index in [-0.39, 0.29) is 16.9 Å². The van der Waals surface area contributed by atoms with Gasteiger partial charge in [-0.2, -0.15) is 0 Å². The van der Waals surface area contributed by atoms with Gasteiger partial charge in [0.1, 0.15) is 0 Å². The third kappa shape index (κ3) is 3.57. The molecule has 0 bridgehead atoms. The summed E-state index contributed by atoms with van der Waals surface area (Å²) in [6.07, 6.45) is 0. The zero-order valence-corrected chi connectivity index (χ0v) is 11.2. The summed E-state index contributed by atoms with van der Waals surface area (Å²) >= 11 is 1.000. The molecular formula is C15H12F2O2S. The monoisotopic (exact) mass is 294 g/mol. The third-order valence-electron chi connectivity index (χ3n) is 2.72. The molecule has 2 aromatic rings. The molecule has 0 atom stereocenters.